The van der Waals surface area contributed by atoms with Crippen LogP contribution in [0, 0.1) is 0 Å². The summed E-state index contributed by atoms with van der Waals surface area (Å²) in [6, 6.07) is 12.0. The molecule has 132 valence electrons. The van der Waals surface area contributed by atoms with Crippen molar-refractivity contribution in [3.05, 3.63) is 57.2 Å². The van der Waals surface area contributed by atoms with Gasteiger partial charge in [-0.25, -0.2) is 14.8 Å². The molecule has 0 saturated carbocycles. The first-order valence-corrected chi connectivity index (χ1v) is 8.55. The van der Waals surface area contributed by atoms with Crippen molar-refractivity contribution in [2.24, 2.45) is 14.1 Å². The van der Waals surface area contributed by atoms with Crippen molar-refractivity contribution in [1.82, 2.24) is 23.7 Å². The van der Waals surface area contributed by atoms with Crippen LogP contribution in [-0.2, 0) is 20.6 Å². The molecule has 7 heteroatoms. The molecule has 0 aliphatic heterocycles. The third-order valence-corrected chi connectivity index (χ3v) is 4.62. The summed E-state index contributed by atoms with van der Waals surface area (Å²) in [7, 11) is 3.06. The molecule has 0 aliphatic carbocycles. The Labute approximate surface area is 149 Å². The second-order valence-corrected chi connectivity index (χ2v) is 6.36. The maximum Gasteiger partial charge on any atom is 0.332 e. The van der Waals surface area contributed by atoms with E-state index in [9.17, 15) is 9.59 Å². The van der Waals surface area contributed by atoms with Crippen LogP contribution in [0.4, 0.5) is 0 Å². The van der Waals surface area contributed by atoms with E-state index in [1.165, 1.54) is 11.6 Å². The summed E-state index contributed by atoms with van der Waals surface area (Å²) in [6.07, 6.45) is 0.925. The van der Waals surface area contributed by atoms with E-state index in [0.29, 0.717) is 16.8 Å². The van der Waals surface area contributed by atoms with E-state index < -0.39 is 11.2 Å². The van der Waals surface area contributed by atoms with Gasteiger partial charge >= 0.3 is 5.69 Å². The highest BCUT2D eigenvalue weighted by molar-refractivity contribution is 5.87. The number of aromatic nitrogens is 5. The van der Waals surface area contributed by atoms with Gasteiger partial charge in [0.1, 0.15) is 5.52 Å². The van der Waals surface area contributed by atoms with Crippen LogP contribution in [0.15, 0.2) is 46.0 Å². The molecule has 0 spiro atoms. The van der Waals surface area contributed by atoms with E-state index in [1.807, 2.05) is 36.4 Å². The van der Waals surface area contributed by atoms with Gasteiger partial charge in [0, 0.05) is 20.6 Å². The molecule has 0 fully saturated rings. The summed E-state index contributed by atoms with van der Waals surface area (Å²) in [5.74, 6) is 0. The van der Waals surface area contributed by atoms with Gasteiger partial charge < -0.3 is 4.57 Å². The SMILES string of the molecule is CCCn1c(-c2ccccc2)cc2nc3c(nc21)c(=O)n(C)c(=O)n3C. The van der Waals surface area contributed by atoms with Crippen LogP contribution in [0.25, 0.3) is 33.6 Å². The quantitative estimate of drug-likeness (QED) is 0.567. The number of aryl methyl sites for hydroxylation is 2. The van der Waals surface area contributed by atoms with E-state index in [-0.39, 0.29) is 5.52 Å². The highest BCUT2D eigenvalue weighted by atomic mass is 16.2. The largest absolute Gasteiger partial charge is 0.332 e. The van der Waals surface area contributed by atoms with Crippen molar-refractivity contribution < 1.29 is 0 Å². The predicted octanol–water partition coefficient (Wildman–Crippen LogP) is 2.06. The van der Waals surface area contributed by atoms with Crippen LogP contribution >= 0.6 is 0 Å². The molecular formula is C19H19N5O2. The van der Waals surface area contributed by atoms with Crippen LogP contribution in [-0.4, -0.2) is 23.7 Å². The van der Waals surface area contributed by atoms with Crippen LogP contribution in [0.1, 0.15) is 13.3 Å². The van der Waals surface area contributed by atoms with Crippen molar-refractivity contribution in [2.75, 3.05) is 0 Å². The Hall–Kier alpha value is -3.22. The number of hydrogen-bond acceptors (Lipinski definition) is 4. The molecule has 0 saturated heterocycles. The molecule has 0 atom stereocenters. The summed E-state index contributed by atoms with van der Waals surface area (Å²) in [4.78, 5) is 33.9. The number of rotatable bonds is 3. The topological polar surface area (TPSA) is 74.7 Å². The fourth-order valence-corrected chi connectivity index (χ4v) is 3.28. The normalized spacial score (nSPS) is 11.5. The number of nitrogens with zero attached hydrogens (tertiary/aromatic N) is 5. The van der Waals surface area contributed by atoms with E-state index in [2.05, 4.69) is 21.5 Å². The first-order valence-electron chi connectivity index (χ1n) is 8.55. The second-order valence-electron chi connectivity index (χ2n) is 6.36. The lowest BCUT2D eigenvalue weighted by Gasteiger charge is -2.10. The van der Waals surface area contributed by atoms with Crippen molar-refractivity contribution in [2.45, 2.75) is 19.9 Å². The molecular weight excluding hydrogens is 330 g/mol. The Kier molecular flexibility index (Phi) is 3.72. The Morgan fingerprint density at radius 1 is 0.962 bits per heavy atom. The Bertz CT molecular complexity index is 1250. The molecule has 0 bridgehead atoms. The minimum atomic E-state index is -0.428. The first-order chi connectivity index (χ1) is 12.5. The summed E-state index contributed by atoms with van der Waals surface area (Å²) >= 11 is 0. The maximum absolute atomic E-state index is 12.5. The second kappa shape index (κ2) is 5.94. The molecule has 0 unspecified atom stereocenters. The molecule has 7 nitrogen and oxygen atoms in total. The molecule has 0 amide bonds. The monoisotopic (exact) mass is 349 g/mol. The van der Waals surface area contributed by atoms with E-state index in [4.69, 9.17) is 0 Å². The smallest absolute Gasteiger partial charge is 0.324 e. The third kappa shape index (κ3) is 2.28. The zero-order valence-electron chi connectivity index (χ0n) is 14.9. The number of benzene rings is 1. The molecule has 0 aliphatic rings. The summed E-state index contributed by atoms with van der Waals surface area (Å²) in [5, 5.41) is 0. The van der Waals surface area contributed by atoms with Crippen LogP contribution in [0.5, 0.6) is 0 Å². The van der Waals surface area contributed by atoms with E-state index >= 15 is 0 Å². The molecule has 4 rings (SSSR count). The van der Waals surface area contributed by atoms with E-state index in [0.717, 1.165) is 28.8 Å². The van der Waals surface area contributed by atoms with Crippen molar-refractivity contribution in [3.8, 4) is 11.3 Å². The van der Waals surface area contributed by atoms with Gasteiger partial charge in [0.25, 0.3) is 5.56 Å². The van der Waals surface area contributed by atoms with Crippen molar-refractivity contribution in [3.63, 3.8) is 0 Å². The minimum absolute atomic E-state index is 0.206. The molecule has 3 aromatic heterocycles. The fraction of sp³-hybridized carbons (Fsp3) is 0.263. The molecule has 3 heterocycles. The fourth-order valence-electron chi connectivity index (χ4n) is 3.28. The van der Waals surface area contributed by atoms with Gasteiger partial charge in [-0.3, -0.25) is 13.9 Å². The van der Waals surface area contributed by atoms with Gasteiger partial charge in [-0.1, -0.05) is 37.3 Å². The summed E-state index contributed by atoms with van der Waals surface area (Å²) < 4.78 is 4.51. The minimum Gasteiger partial charge on any atom is -0.324 e. The van der Waals surface area contributed by atoms with Gasteiger partial charge in [0.2, 0.25) is 0 Å². The zero-order chi connectivity index (χ0) is 18.4. The lowest BCUT2D eigenvalue weighted by atomic mass is 10.1. The summed E-state index contributed by atoms with van der Waals surface area (Å²) in [6.45, 7) is 2.86. The van der Waals surface area contributed by atoms with Gasteiger partial charge in [-0.2, -0.15) is 0 Å². The molecule has 0 radical (unpaired) electrons. The van der Waals surface area contributed by atoms with Crippen LogP contribution in [0.2, 0.25) is 0 Å². The first kappa shape index (κ1) is 16.3. The van der Waals surface area contributed by atoms with Gasteiger partial charge in [0.05, 0.1) is 5.69 Å². The average molecular weight is 349 g/mol. The molecule has 4 aromatic rings. The number of fused-ring (bicyclic) bond motifs is 2. The summed E-state index contributed by atoms with van der Waals surface area (Å²) in [5.41, 5.74) is 3.07. The predicted molar refractivity (Wildman–Crippen MR) is 101 cm³/mol. The van der Waals surface area contributed by atoms with Crippen LogP contribution < -0.4 is 11.2 Å². The lowest BCUT2D eigenvalue weighted by Crippen LogP contribution is -2.37. The highest BCUT2D eigenvalue weighted by Crippen LogP contribution is 2.27. The molecule has 1 aromatic carbocycles. The van der Waals surface area contributed by atoms with Gasteiger partial charge in [0.15, 0.2) is 16.8 Å². The Morgan fingerprint density at radius 3 is 2.38 bits per heavy atom. The third-order valence-electron chi connectivity index (χ3n) is 4.62. The maximum atomic E-state index is 12.5. The number of hydrogen-bond donors (Lipinski definition) is 0. The highest BCUT2D eigenvalue weighted by Gasteiger charge is 2.17. The van der Waals surface area contributed by atoms with E-state index in [1.54, 1.807) is 7.05 Å². The van der Waals surface area contributed by atoms with Crippen molar-refractivity contribution >= 4 is 22.3 Å². The Morgan fingerprint density at radius 2 is 1.69 bits per heavy atom. The lowest BCUT2D eigenvalue weighted by molar-refractivity contribution is 0.696. The zero-order valence-corrected chi connectivity index (χ0v) is 14.9. The van der Waals surface area contributed by atoms with Gasteiger partial charge in [-0.15, -0.1) is 0 Å². The van der Waals surface area contributed by atoms with Crippen molar-refractivity contribution in [1.29, 1.82) is 0 Å². The molecule has 26 heavy (non-hydrogen) atoms. The van der Waals surface area contributed by atoms with Crippen LogP contribution in [0.3, 0.4) is 0 Å². The Balaban J connectivity index is 2.14. The standard InChI is InChI=1S/C19H19N5O2/c1-4-10-24-14(12-8-6-5-7-9-12)11-13-16(24)21-15-17(20-13)22(2)19(26)23(3)18(15)25/h5-9,11H,4,10H2,1-3H3. The van der Waals surface area contributed by atoms with Gasteiger partial charge in [-0.05, 0) is 18.1 Å². The molecule has 0 N–H and O–H groups in total. The average Bonchev–Trinajstić information content (AvgIpc) is 3.02.